The van der Waals surface area contributed by atoms with Crippen LogP contribution in [-0.2, 0) is 4.79 Å². The second kappa shape index (κ2) is 8.52. The fourth-order valence-electron chi connectivity index (χ4n) is 4.29. The van der Waals surface area contributed by atoms with Gasteiger partial charge in [0.1, 0.15) is 23.1 Å². The summed E-state index contributed by atoms with van der Waals surface area (Å²) in [5.41, 5.74) is 1.90. The Morgan fingerprint density at radius 3 is 2.68 bits per heavy atom. The van der Waals surface area contributed by atoms with Crippen molar-refractivity contribution in [2.45, 2.75) is 38.0 Å². The number of carbonyl (C=O) groups excluding carboxylic acids is 1. The highest BCUT2D eigenvalue weighted by Crippen LogP contribution is 2.36. The van der Waals surface area contributed by atoms with Crippen molar-refractivity contribution in [1.82, 2.24) is 34.5 Å². The molecule has 4 heterocycles. The Balaban J connectivity index is 1.53. The second-order valence-electron chi connectivity index (χ2n) is 8.78. The summed E-state index contributed by atoms with van der Waals surface area (Å²) in [6.07, 6.45) is -2.97. The highest BCUT2D eigenvalue weighted by molar-refractivity contribution is 5.89. The number of hydrogen-bond donors (Lipinski definition) is 1. The van der Waals surface area contributed by atoms with Crippen LogP contribution in [0, 0.1) is 0 Å². The third-order valence-electron chi connectivity index (χ3n) is 6.36. The van der Waals surface area contributed by atoms with Gasteiger partial charge in [-0.3, -0.25) is 4.79 Å². The number of likely N-dealkylation sites (tertiary alicyclic amines) is 1. The molecular formula is C22H21F5N8O2. The van der Waals surface area contributed by atoms with Crippen LogP contribution in [0.2, 0.25) is 0 Å². The van der Waals surface area contributed by atoms with Gasteiger partial charge in [0.25, 0.3) is 5.92 Å². The Bertz CT molecular complexity index is 1500. The summed E-state index contributed by atoms with van der Waals surface area (Å²) >= 11 is 0. The summed E-state index contributed by atoms with van der Waals surface area (Å²) < 4.78 is 76.4. The Hall–Kier alpha value is -4.04. The number of aromatic nitrogens is 6. The molecule has 1 aliphatic heterocycles. The van der Waals surface area contributed by atoms with E-state index in [-0.39, 0.29) is 29.4 Å². The molecule has 0 radical (unpaired) electrons. The second-order valence-corrected chi connectivity index (χ2v) is 8.78. The molecule has 0 unspecified atom stereocenters. The van der Waals surface area contributed by atoms with Gasteiger partial charge in [-0.2, -0.15) is 18.2 Å². The summed E-state index contributed by atoms with van der Waals surface area (Å²) in [5.74, 6) is -3.75. The number of nitrogens with zero attached hydrogens (tertiary/aromatic N) is 7. The number of anilines is 1. The topological polar surface area (TPSA) is 102 Å². The summed E-state index contributed by atoms with van der Waals surface area (Å²) in [7, 11) is 1.34. The molecule has 10 nitrogen and oxygen atoms in total. The van der Waals surface area contributed by atoms with Crippen LogP contribution in [0.25, 0.3) is 27.7 Å². The standard InChI is InChI=1S/C22H21F5N8O2/c1-11(22(25,26)27)35-16-8-13(4-5-15(16)30-32-35)14-6-7-34-18(14)19(37-3)29-20(31-34)28-17-9-33(12(2)36)10-21(17,23)24/h4-8,11,17H,9-10H2,1-3H3,(H,28,31)/t11-,17-/m1/s1. The number of alkyl halides is 5. The van der Waals surface area contributed by atoms with E-state index in [9.17, 15) is 26.7 Å². The van der Waals surface area contributed by atoms with Crippen molar-refractivity contribution >= 4 is 28.4 Å². The highest BCUT2D eigenvalue weighted by atomic mass is 19.4. The largest absolute Gasteiger partial charge is 0.479 e. The first kappa shape index (κ1) is 24.6. The Morgan fingerprint density at radius 2 is 2.03 bits per heavy atom. The van der Waals surface area contributed by atoms with Gasteiger partial charge in [-0.05, 0) is 30.7 Å². The molecule has 1 aliphatic rings. The predicted octanol–water partition coefficient (Wildman–Crippen LogP) is 3.55. The molecule has 1 fully saturated rings. The Kier molecular flexibility index (Phi) is 5.68. The lowest BCUT2D eigenvalue weighted by Gasteiger charge is -2.19. The van der Waals surface area contributed by atoms with Crippen molar-refractivity contribution in [3.63, 3.8) is 0 Å². The van der Waals surface area contributed by atoms with Crippen molar-refractivity contribution in [3.05, 3.63) is 30.5 Å². The molecule has 1 saturated heterocycles. The highest BCUT2D eigenvalue weighted by Gasteiger charge is 2.49. The van der Waals surface area contributed by atoms with Crippen molar-refractivity contribution in [2.75, 3.05) is 25.5 Å². The molecule has 2 atom stereocenters. The average Bonchev–Trinajstić information content (AvgIpc) is 3.52. The first-order chi connectivity index (χ1) is 17.4. The maximum absolute atomic E-state index is 14.5. The quantitative estimate of drug-likeness (QED) is 0.399. The lowest BCUT2D eigenvalue weighted by molar-refractivity contribution is -0.164. The zero-order chi connectivity index (χ0) is 26.7. The molecule has 3 aromatic heterocycles. The molecule has 5 rings (SSSR count). The molecule has 4 aromatic rings. The molecule has 196 valence electrons. The summed E-state index contributed by atoms with van der Waals surface area (Å²) in [4.78, 5) is 16.8. The minimum Gasteiger partial charge on any atom is -0.479 e. The number of hydrogen-bond acceptors (Lipinski definition) is 7. The molecule has 37 heavy (non-hydrogen) atoms. The monoisotopic (exact) mass is 524 g/mol. The molecular weight excluding hydrogens is 503 g/mol. The SMILES string of the molecule is COc1nc(N[C@@H]2CN(C(C)=O)CC2(F)F)nn2ccc(-c3ccc4nnn([C@H](C)C(F)(F)F)c4c3)c12. The molecule has 0 saturated carbocycles. The van der Waals surface area contributed by atoms with Crippen LogP contribution < -0.4 is 10.1 Å². The molecule has 0 aliphatic carbocycles. The first-order valence-corrected chi connectivity index (χ1v) is 11.1. The normalized spacial score (nSPS) is 18.5. The van der Waals surface area contributed by atoms with Gasteiger partial charge in [0.15, 0.2) is 0 Å². The van der Waals surface area contributed by atoms with Gasteiger partial charge in [0.05, 0.1) is 19.2 Å². The zero-order valence-electron chi connectivity index (χ0n) is 19.8. The summed E-state index contributed by atoms with van der Waals surface area (Å²) in [5, 5.41) is 14.3. The van der Waals surface area contributed by atoms with Gasteiger partial charge < -0.3 is 15.0 Å². The average molecular weight is 524 g/mol. The van der Waals surface area contributed by atoms with Crippen LogP contribution >= 0.6 is 0 Å². The van der Waals surface area contributed by atoms with Crippen molar-refractivity contribution < 1.29 is 31.5 Å². The minimum absolute atomic E-state index is 0.0534. The molecule has 1 amide bonds. The number of amides is 1. The number of nitrogens with one attached hydrogen (secondary N) is 1. The van der Waals surface area contributed by atoms with Crippen molar-refractivity contribution in [1.29, 1.82) is 0 Å². The van der Waals surface area contributed by atoms with E-state index in [1.807, 2.05) is 0 Å². The van der Waals surface area contributed by atoms with E-state index in [0.29, 0.717) is 16.6 Å². The number of fused-ring (bicyclic) bond motifs is 2. The fourth-order valence-corrected chi connectivity index (χ4v) is 4.29. The maximum Gasteiger partial charge on any atom is 0.410 e. The van der Waals surface area contributed by atoms with E-state index in [1.54, 1.807) is 24.4 Å². The smallest absolute Gasteiger partial charge is 0.410 e. The number of halogens is 5. The van der Waals surface area contributed by atoms with Gasteiger partial charge in [-0.15, -0.1) is 10.2 Å². The Labute approximate surface area is 206 Å². The van der Waals surface area contributed by atoms with E-state index in [2.05, 4.69) is 25.7 Å². The zero-order valence-corrected chi connectivity index (χ0v) is 19.8. The molecule has 0 bridgehead atoms. The molecule has 15 heteroatoms. The summed E-state index contributed by atoms with van der Waals surface area (Å²) in [6.45, 7) is 1.27. The fraction of sp³-hybridized carbons (Fsp3) is 0.409. The predicted molar refractivity (Wildman–Crippen MR) is 121 cm³/mol. The minimum atomic E-state index is -4.52. The van der Waals surface area contributed by atoms with Crippen LogP contribution in [0.4, 0.5) is 27.9 Å². The van der Waals surface area contributed by atoms with Gasteiger partial charge in [-0.25, -0.2) is 18.0 Å². The number of rotatable bonds is 5. The lowest BCUT2D eigenvalue weighted by Crippen LogP contribution is -2.38. The van der Waals surface area contributed by atoms with Crippen LogP contribution in [-0.4, -0.2) is 78.7 Å². The van der Waals surface area contributed by atoms with E-state index >= 15 is 0 Å². The van der Waals surface area contributed by atoms with Crippen molar-refractivity contribution in [2.24, 2.45) is 0 Å². The molecule has 1 N–H and O–H groups in total. The number of ether oxygens (including phenoxy) is 1. The van der Waals surface area contributed by atoms with Crippen molar-refractivity contribution in [3.8, 4) is 17.0 Å². The summed E-state index contributed by atoms with van der Waals surface area (Å²) in [6, 6.07) is 3.09. The Morgan fingerprint density at radius 1 is 1.27 bits per heavy atom. The molecule has 0 spiro atoms. The van der Waals surface area contributed by atoms with Crippen LogP contribution in [0.15, 0.2) is 30.5 Å². The van der Waals surface area contributed by atoms with E-state index in [1.165, 1.54) is 24.6 Å². The number of carbonyl (C=O) groups is 1. The van der Waals surface area contributed by atoms with E-state index in [0.717, 1.165) is 16.5 Å². The number of benzene rings is 1. The first-order valence-electron chi connectivity index (χ1n) is 11.1. The van der Waals surface area contributed by atoms with Crippen LogP contribution in [0.1, 0.15) is 19.9 Å². The van der Waals surface area contributed by atoms with Crippen LogP contribution in [0.5, 0.6) is 5.88 Å². The maximum atomic E-state index is 14.5. The molecule has 1 aromatic carbocycles. The van der Waals surface area contributed by atoms with Gasteiger partial charge in [0.2, 0.25) is 17.7 Å². The van der Waals surface area contributed by atoms with Gasteiger partial charge >= 0.3 is 6.18 Å². The lowest BCUT2D eigenvalue weighted by atomic mass is 10.1. The third-order valence-corrected chi connectivity index (χ3v) is 6.36. The van der Waals surface area contributed by atoms with E-state index in [4.69, 9.17) is 4.74 Å². The van der Waals surface area contributed by atoms with Crippen LogP contribution in [0.3, 0.4) is 0 Å². The van der Waals surface area contributed by atoms with Gasteiger partial charge in [0, 0.05) is 25.2 Å². The van der Waals surface area contributed by atoms with E-state index < -0.39 is 36.6 Å². The number of methoxy groups -OCH3 is 1. The third kappa shape index (κ3) is 4.27. The van der Waals surface area contributed by atoms with Gasteiger partial charge in [-0.1, -0.05) is 11.3 Å².